The van der Waals surface area contributed by atoms with Crippen molar-refractivity contribution in [2.24, 2.45) is 0 Å². The molecule has 7 heteroatoms. The van der Waals surface area contributed by atoms with Gasteiger partial charge in [-0.2, -0.15) is 0 Å². The van der Waals surface area contributed by atoms with Gasteiger partial charge in [0.15, 0.2) is 10.8 Å². The highest BCUT2D eigenvalue weighted by Gasteiger charge is 2.49. The van der Waals surface area contributed by atoms with E-state index in [1.807, 2.05) is 19.1 Å². The lowest BCUT2D eigenvalue weighted by atomic mass is 9.76. The van der Waals surface area contributed by atoms with E-state index in [1.165, 1.54) is 13.0 Å². The second-order valence-electron chi connectivity index (χ2n) is 8.76. The topological polar surface area (TPSA) is 59.6 Å². The first kappa shape index (κ1) is 20.6. The van der Waals surface area contributed by atoms with Crippen molar-refractivity contribution in [2.45, 2.75) is 57.7 Å². The van der Waals surface area contributed by atoms with Crippen LogP contribution in [0.4, 0.5) is 4.39 Å². The Morgan fingerprint density at radius 3 is 2.67 bits per heavy atom. The van der Waals surface area contributed by atoms with Crippen LogP contribution < -0.4 is 20.1 Å². The lowest BCUT2D eigenvalue weighted by Crippen LogP contribution is -2.69. The number of halogens is 1. The molecule has 2 aromatic carbocycles. The van der Waals surface area contributed by atoms with Crippen LogP contribution in [0.2, 0.25) is 0 Å². The standard InChI is InChI=1S/C23H25FN2O3S/c1-13-9-15(28-14(2)27)10-19-20(13)17(16-7-5-6-8-18(16)24)11-23(29-19)12-22(3,4)25-21(30)26-23/h5-10,17H,11-12H2,1-4H3,(H2,25,26,30). The highest BCUT2D eigenvalue weighted by Crippen LogP contribution is 2.49. The van der Waals surface area contributed by atoms with Gasteiger partial charge in [0, 0.05) is 42.9 Å². The molecule has 0 saturated carbocycles. The lowest BCUT2D eigenvalue weighted by molar-refractivity contribution is -0.131. The zero-order valence-electron chi connectivity index (χ0n) is 17.5. The van der Waals surface area contributed by atoms with Crippen LogP contribution in [0.15, 0.2) is 36.4 Å². The Hall–Kier alpha value is -2.67. The number of benzene rings is 2. The van der Waals surface area contributed by atoms with E-state index >= 15 is 0 Å². The van der Waals surface area contributed by atoms with Gasteiger partial charge in [0.1, 0.15) is 17.3 Å². The Bertz CT molecular complexity index is 1040. The summed E-state index contributed by atoms with van der Waals surface area (Å²) in [4.78, 5) is 11.5. The summed E-state index contributed by atoms with van der Waals surface area (Å²) in [5, 5.41) is 7.05. The zero-order chi connectivity index (χ0) is 21.7. The quantitative estimate of drug-likeness (QED) is 0.422. The summed E-state index contributed by atoms with van der Waals surface area (Å²) in [5.41, 5.74) is 1.26. The van der Waals surface area contributed by atoms with Crippen molar-refractivity contribution in [3.05, 3.63) is 58.9 Å². The van der Waals surface area contributed by atoms with Crippen molar-refractivity contribution in [2.75, 3.05) is 0 Å². The number of aryl methyl sites for hydroxylation is 1. The number of carbonyl (C=O) groups is 1. The van der Waals surface area contributed by atoms with Crippen LogP contribution in [-0.4, -0.2) is 22.3 Å². The number of ether oxygens (including phenoxy) is 2. The average molecular weight is 429 g/mol. The van der Waals surface area contributed by atoms with Gasteiger partial charge >= 0.3 is 5.97 Å². The first-order valence-corrected chi connectivity index (χ1v) is 10.4. The summed E-state index contributed by atoms with van der Waals surface area (Å²) in [6.07, 6.45) is 1.13. The van der Waals surface area contributed by atoms with Gasteiger partial charge in [0.25, 0.3) is 0 Å². The number of nitrogens with one attached hydrogen (secondary N) is 2. The lowest BCUT2D eigenvalue weighted by Gasteiger charge is -2.50. The molecule has 2 aromatic rings. The first-order valence-electron chi connectivity index (χ1n) is 9.94. The van der Waals surface area contributed by atoms with Crippen LogP contribution in [0, 0.1) is 12.7 Å². The normalized spacial score (nSPS) is 24.3. The summed E-state index contributed by atoms with van der Waals surface area (Å²) in [6, 6.07) is 10.3. The molecule has 2 N–H and O–H groups in total. The third-order valence-corrected chi connectivity index (χ3v) is 5.78. The molecule has 30 heavy (non-hydrogen) atoms. The van der Waals surface area contributed by atoms with E-state index in [0.717, 1.165) is 11.1 Å². The molecule has 0 radical (unpaired) electrons. The van der Waals surface area contributed by atoms with Gasteiger partial charge in [-0.1, -0.05) is 18.2 Å². The van der Waals surface area contributed by atoms with E-state index in [2.05, 4.69) is 24.5 Å². The van der Waals surface area contributed by atoms with E-state index in [9.17, 15) is 9.18 Å². The van der Waals surface area contributed by atoms with E-state index < -0.39 is 11.7 Å². The van der Waals surface area contributed by atoms with Gasteiger partial charge < -0.3 is 20.1 Å². The number of rotatable bonds is 2. The molecule has 1 spiro atoms. The molecule has 2 aliphatic rings. The second-order valence-corrected chi connectivity index (χ2v) is 9.17. The van der Waals surface area contributed by atoms with Crippen LogP contribution in [0.5, 0.6) is 11.5 Å². The summed E-state index contributed by atoms with van der Waals surface area (Å²) in [5.74, 6) is 0.0562. The molecule has 5 nitrogen and oxygen atoms in total. The van der Waals surface area contributed by atoms with Gasteiger partial charge in [-0.3, -0.25) is 4.79 Å². The molecule has 0 bridgehead atoms. The van der Waals surface area contributed by atoms with Gasteiger partial charge in [-0.25, -0.2) is 4.39 Å². The van der Waals surface area contributed by atoms with E-state index in [0.29, 0.717) is 35.0 Å². The van der Waals surface area contributed by atoms with Crippen molar-refractivity contribution in [1.29, 1.82) is 0 Å². The van der Waals surface area contributed by atoms with Crippen LogP contribution in [-0.2, 0) is 4.79 Å². The molecule has 2 heterocycles. The number of fused-ring (bicyclic) bond motifs is 1. The molecule has 1 saturated heterocycles. The van der Waals surface area contributed by atoms with Gasteiger partial charge in [0.2, 0.25) is 0 Å². The molecular formula is C23H25FN2O3S. The minimum atomic E-state index is -0.812. The van der Waals surface area contributed by atoms with Crippen molar-refractivity contribution in [3.8, 4) is 11.5 Å². The fourth-order valence-corrected chi connectivity index (χ4v) is 5.19. The van der Waals surface area contributed by atoms with Crippen molar-refractivity contribution >= 4 is 23.3 Å². The number of thiocarbonyl (C=S) groups is 1. The Kier molecular flexibility index (Phi) is 4.97. The molecule has 4 rings (SSSR count). The molecule has 1 fully saturated rings. The summed E-state index contributed by atoms with van der Waals surface area (Å²) in [6.45, 7) is 7.39. The molecule has 0 aromatic heterocycles. The van der Waals surface area contributed by atoms with E-state index in [4.69, 9.17) is 21.7 Å². The second kappa shape index (κ2) is 7.23. The Morgan fingerprint density at radius 1 is 1.27 bits per heavy atom. The minimum absolute atomic E-state index is 0.245. The zero-order valence-corrected chi connectivity index (χ0v) is 18.3. The first-order chi connectivity index (χ1) is 14.1. The molecule has 0 amide bonds. The molecular weight excluding hydrogens is 403 g/mol. The highest BCUT2D eigenvalue weighted by atomic mass is 32.1. The van der Waals surface area contributed by atoms with Crippen LogP contribution >= 0.6 is 12.2 Å². The fourth-order valence-electron chi connectivity index (χ4n) is 4.73. The number of esters is 1. The van der Waals surface area contributed by atoms with Gasteiger partial charge in [-0.05, 0) is 56.2 Å². The average Bonchev–Trinajstić information content (AvgIpc) is 2.58. The largest absolute Gasteiger partial charge is 0.468 e. The third kappa shape index (κ3) is 3.86. The number of hydrogen-bond donors (Lipinski definition) is 2. The van der Waals surface area contributed by atoms with Crippen molar-refractivity contribution in [3.63, 3.8) is 0 Å². The fraction of sp³-hybridized carbons (Fsp3) is 0.391. The maximum Gasteiger partial charge on any atom is 0.308 e. The van der Waals surface area contributed by atoms with E-state index in [-0.39, 0.29) is 17.3 Å². The van der Waals surface area contributed by atoms with E-state index in [1.54, 1.807) is 18.2 Å². The maximum absolute atomic E-state index is 14.9. The number of carbonyl (C=O) groups excluding carboxylic acids is 1. The minimum Gasteiger partial charge on any atom is -0.468 e. The summed E-state index contributed by atoms with van der Waals surface area (Å²) in [7, 11) is 0. The van der Waals surface area contributed by atoms with Crippen molar-refractivity contribution < 1.29 is 18.7 Å². The Balaban J connectivity index is 1.88. The third-order valence-electron chi connectivity index (χ3n) is 5.57. The predicted octanol–water partition coefficient (Wildman–Crippen LogP) is 4.32. The molecule has 158 valence electrons. The smallest absolute Gasteiger partial charge is 0.308 e. The molecule has 2 atom stereocenters. The van der Waals surface area contributed by atoms with Gasteiger partial charge in [0.05, 0.1) is 0 Å². The summed E-state index contributed by atoms with van der Waals surface area (Å²) >= 11 is 5.45. The van der Waals surface area contributed by atoms with Crippen LogP contribution in [0.1, 0.15) is 56.2 Å². The number of hydrogen-bond acceptors (Lipinski definition) is 4. The Morgan fingerprint density at radius 2 is 2.00 bits per heavy atom. The molecule has 2 aliphatic heterocycles. The monoisotopic (exact) mass is 428 g/mol. The van der Waals surface area contributed by atoms with Crippen LogP contribution in [0.25, 0.3) is 0 Å². The SMILES string of the molecule is CC(=O)Oc1cc(C)c2c(c1)OC1(CC2c2ccccc2F)CC(C)(C)NC(=S)N1. The van der Waals surface area contributed by atoms with Gasteiger partial charge in [-0.15, -0.1) is 0 Å². The molecule has 2 unspecified atom stereocenters. The predicted molar refractivity (Wildman–Crippen MR) is 116 cm³/mol. The molecule has 0 aliphatic carbocycles. The summed E-state index contributed by atoms with van der Waals surface area (Å²) < 4.78 is 26.7. The Labute approximate surface area is 181 Å². The van der Waals surface area contributed by atoms with Crippen LogP contribution in [0.3, 0.4) is 0 Å². The van der Waals surface area contributed by atoms with Crippen molar-refractivity contribution in [1.82, 2.24) is 10.6 Å². The maximum atomic E-state index is 14.9. The highest BCUT2D eigenvalue weighted by molar-refractivity contribution is 7.80.